The standard InChI is InChI=1S/C20H29N3O3/c1-6-7-10-14(2)23-13-16(22-19(25)26-20(3,4)5)18(24)21-15-11-8-9-12-17(15)23/h7-12,14,16H,6,13H2,1-5H3,(H,21,24)(H,22,25)/b10-7+. The van der Waals surface area contributed by atoms with Crippen LogP contribution in [0.3, 0.4) is 0 Å². The van der Waals surface area contributed by atoms with Gasteiger partial charge >= 0.3 is 6.09 Å². The smallest absolute Gasteiger partial charge is 0.408 e. The van der Waals surface area contributed by atoms with E-state index in [-0.39, 0.29) is 11.9 Å². The average Bonchev–Trinajstić information content (AvgIpc) is 2.68. The first-order valence-electron chi connectivity index (χ1n) is 9.04. The minimum Gasteiger partial charge on any atom is -0.444 e. The largest absolute Gasteiger partial charge is 0.444 e. The van der Waals surface area contributed by atoms with Gasteiger partial charge in [0.05, 0.1) is 11.4 Å². The van der Waals surface area contributed by atoms with Gasteiger partial charge in [-0.1, -0.05) is 31.2 Å². The van der Waals surface area contributed by atoms with Crippen LogP contribution in [0.2, 0.25) is 0 Å². The number of benzene rings is 1. The summed E-state index contributed by atoms with van der Waals surface area (Å²) in [4.78, 5) is 26.9. The van der Waals surface area contributed by atoms with Crippen molar-refractivity contribution in [3.05, 3.63) is 36.4 Å². The minimum atomic E-state index is -0.713. The number of anilines is 2. The predicted molar refractivity (Wildman–Crippen MR) is 104 cm³/mol. The first-order chi connectivity index (χ1) is 12.2. The molecule has 0 saturated carbocycles. The van der Waals surface area contributed by atoms with Crippen LogP contribution in [0.4, 0.5) is 16.2 Å². The normalized spacial score (nSPS) is 18.7. The lowest BCUT2D eigenvalue weighted by Gasteiger charge is -2.31. The number of carbonyl (C=O) groups excluding carboxylic acids is 2. The number of alkyl carbamates (subject to hydrolysis) is 1. The summed E-state index contributed by atoms with van der Waals surface area (Å²) in [5.41, 5.74) is 1.05. The van der Waals surface area contributed by atoms with E-state index in [1.807, 2.05) is 24.3 Å². The van der Waals surface area contributed by atoms with Gasteiger partial charge in [0.15, 0.2) is 0 Å². The van der Waals surface area contributed by atoms with Gasteiger partial charge in [-0.2, -0.15) is 0 Å². The summed E-state index contributed by atoms with van der Waals surface area (Å²) in [7, 11) is 0. The Morgan fingerprint density at radius 1 is 1.42 bits per heavy atom. The third-order valence-electron chi connectivity index (χ3n) is 4.00. The third kappa shape index (κ3) is 5.25. The number of para-hydroxylation sites is 2. The number of nitrogens with zero attached hydrogens (tertiary/aromatic N) is 1. The molecule has 2 unspecified atom stereocenters. The number of ether oxygens (including phenoxy) is 1. The Hall–Kier alpha value is -2.50. The molecule has 2 atom stereocenters. The highest BCUT2D eigenvalue weighted by atomic mass is 16.6. The van der Waals surface area contributed by atoms with Crippen molar-refractivity contribution >= 4 is 23.4 Å². The lowest BCUT2D eigenvalue weighted by Crippen LogP contribution is -2.51. The average molecular weight is 359 g/mol. The minimum absolute atomic E-state index is 0.0757. The van der Waals surface area contributed by atoms with Crippen molar-refractivity contribution in [2.45, 2.75) is 58.7 Å². The number of amides is 2. The second kappa shape index (κ2) is 8.25. The summed E-state index contributed by atoms with van der Waals surface area (Å²) in [6, 6.07) is 7.02. The number of carbonyl (C=O) groups is 2. The Morgan fingerprint density at radius 2 is 2.12 bits per heavy atom. The van der Waals surface area contributed by atoms with Gasteiger partial charge in [0, 0.05) is 12.6 Å². The molecule has 2 amide bonds. The predicted octanol–water partition coefficient (Wildman–Crippen LogP) is 3.69. The van der Waals surface area contributed by atoms with Crippen LogP contribution < -0.4 is 15.5 Å². The Morgan fingerprint density at radius 3 is 2.77 bits per heavy atom. The van der Waals surface area contributed by atoms with Gasteiger partial charge in [0.25, 0.3) is 0 Å². The van der Waals surface area contributed by atoms with Crippen LogP contribution >= 0.6 is 0 Å². The van der Waals surface area contributed by atoms with E-state index in [1.165, 1.54) is 0 Å². The van der Waals surface area contributed by atoms with E-state index in [0.29, 0.717) is 6.54 Å². The quantitative estimate of drug-likeness (QED) is 0.804. The van der Waals surface area contributed by atoms with Crippen LogP contribution in [0.15, 0.2) is 36.4 Å². The lowest BCUT2D eigenvalue weighted by molar-refractivity contribution is -0.117. The van der Waals surface area contributed by atoms with Gasteiger partial charge in [-0.05, 0) is 46.2 Å². The van der Waals surface area contributed by atoms with Gasteiger partial charge in [0.2, 0.25) is 5.91 Å². The lowest BCUT2D eigenvalue weighted by atomic mass is 10.1. The molecule has 1 aliphatic rings. The molecule has 1 heterocycles. The Kier molecular flexibility index (Phi) is 6.29. The van der Waals surface area contributed by atoms with Crippen LogP contribution in [0.1, 0.15) is 41.0 Å². The van der Waals surface area contributed by atoms with Crippen molar-refractivity contribution in [2.24, 2.45) is 0 Å². The van der Waals surface area contributed by atoms with Crippen molar-refractivity contribution in [1.82, 2.24) is 5.32 Å². The van der Waals surface area contributed by atoms with Gasteiger partial charge in [-0.3, -0.25) is 4.79 Å². The molecular formula is C20H29N3O3. The van der Waals surface area contributed by atoms with Crippen LogP contribution in [0.5, 0.6) is 0 Å². The van der Waals surface area contributed by atoms with Crippen LogP contribution in [0, 0.1) is 0 Å². The first kappa shape index (κ1) is 19.8. The molecule has 0 radical (unpaired) electrons. The van der Waals surface area contributed by atoms with E-state index in [2.05, 4.69) is 41.5 Å². The van der Waals surface area contributed by atoms with E-state index in [4.69, 9.17) is 4.74 Å². The molecule has 0 bridgehead atoms. The van der Waals surface area contributed by atoms with Gasteiger partial charge in [0.1, 0.15) is 11.6 Å². The molecule has 0 spiro atoms. The number of hydrogen-bond acceptors (Lipinski definition) is 4. The van der Waals surface area contributed by atoms with E-state index in [9.17, 15) is 9.59 Å². The summed E-state index contributed by atoms with van der Waals surface area (Å²) < 4.78 is 5.30. The fraction of sp³-hybridized carbons (Fsp3) is 0.500. The van der Waals surface area contributed by atoms with Gasteiger partial charge in [-0.15, -0.1) is 0 Å². The third-order valence-corrected chi connectivity index (χ3v) is 4.00. The molecule has 0 fully saturated rings. The second-order valence-electron chi connectivity index (χ2n) is 7.43. The van der Waals surface area contributed by atoms with Gasteiger partial charge in [-0.25, -0.2) is 4.79 Å². The number of rotatable bonds is 4. The van der Waals surface area contributed by atoms with Crippen LogP contribution in [0.25, 0.3) is 0 Å². The summed E-state index contributed by atoms with van der Waals surface area (Å²) in [6.07, 6.45) is 4.55. The molecule has 1 aromatic carbocycles. The zero-order valence-corrected chi connectivity index (χ0v) is 16.2. The maximum absolute atomic E-state index is 12.6. The Labute approximate surface area is 155 Å². The number of hydrogen-bond donors (Lipinski definition) is 2. The molecule has 6 nitrogen and oxygen atoms in total. The Bertz CT molecular complexity index is 679. The topological polar surface area (TPSA) is 70.7 Å². The monoisotopic (exact) mass is 359 g/mol. The molecule has 2 N–H and O–H groups in total. The van der Waals surface area contributed by atoms with Crippen molar-refractivity contribution in [1.29, 1.82) is 0 Å². The van der Waals surface area contributed by atoms with E-state index < -0.39 is 17.7 Å². The van der Waals surface area contributed by atoms with E-state index >= 15 is 0 Å². The van der Waals surface area contributed by atoms with Crippen molar-refractivity contribution in [2.75, 3.05) is 16.8 Å². The van der Waals surface area contributed by atoms with Gasteiger partial charge < -0.3 is 20.3 Å². The molecule has 2 rings (SSSR count). The van der Waals surface area contributed by atoms with E-state index in [1.54, 1.807) is 20.8 Å². The molecular weight excluding hydrogens is 330 g/mol. The van der Waals surface area contributed by atoms with Crippen molar-refractivity contribution in [3.8, 4) is 0 Å². The van der Waals surface area contributed by atoms with Crippen LogP contribution in [-0.2, 0) is 9.53 Å². The van der Waals surface area contributed by atoms with Crippen molar-refractivity contribution in [3.63, 3.8) is 0 Å². The fourth-order valence-electron chi connectivity index (χ4n) is 2.81. The molecule has 26 heavy (non-hydrogen) atoms. The molecule has 0 saturated heterocycles. The molecule has 1 aromatic rings. The van der Waals surface area contributed by atoms with E-state index in [0.717, 1.165) is 17.8 Å². The molecule has 1 aliphatic heterocycles. The molecule has 6 heteroatoms. The molecule has 0 aromatic heterocycles. The van der Waals surface area contributed by atoms with Crippen LogP contribution in [-0.4, -0.2) is 36.2 Å². The number of allylic oxidation sites excluding steroid dienone is 1. The first-order valence-corrected chi connectivity index (χ1v) is 9.04. The number of fused-ring (bicyclic) bond motifs is 1. The SMILES string of the molecule is CC/C=C/C(C)N1CC(NC(=O)OC(C)(C)C)C(=O)Nc2ccccc21. The maximum Gasteiger partial charge on any atom is 0.408 e. The zero-order chi connectivity index (χ0) is 19.3. The summed E-state index contributed by atoms with van der Waals surface area (Å²) in [6.45, 7) is 9.89. The second-order valence-corrected chi connectivity index (χ2v) is 7.43. The highest BCUT2D eigenvalue weighted by Gasteiger charge is 2.31. The summed E-state index contributed by atoms with van der Waals surface area (Å²) in [5, 5.41) is 5.61. The molecule has 0 aliphatic carbocycles. The summed E-state index contributed by atoms with van der Waals surface area (Å²) in [5.74, 6) is -0.252. The fourth-order valence-corrected chi connectivity index (χ4v) is 2.81. The summed E-state index contributed by atoms with van der Waals surface area (Å²) >= 11 is 0. The maximum atomic E-state index is 12.6. The highest BCUT2D eigenvalue weighted by molar-refractivity contribution is 6.01. The van der Waals surface area contributed by atoms with Crippen molar-refractivity contribution < 1.29 is 14.3 Å². The number of nitrogens with one attached hydrogen (secondary N) is 2. The zero-order valence-electron chi connectivity index (χ0n) is 16.2. The highest BCUT2D eigenvalue weighted by Crippen LogP contribution is 2.30. The Balaban J connectivity index is 2.26. The molecule has 142 valence electrons.